The van der Waals surface area contributed by atoms with Crippen LogP contribution in [0.3, 0.4) is 0 Å². The van der Waals surface area contributed by atoms with Crippen LogP contribution in [0.4, 0.5) is 11.4 Å². The highest BCUT2D eigenvalue weighted by Crippen LogP contribution is 2.30. The average molecular weight is 398 g/mol. The highest BCUT2D eigenvalue weighted by molar-refractivity contribution is 7.91. The lowest BCUT2D eigenvalue weighted by atomic mass is 10.1. The summed E-state index contributed by atoms with van der Waals surface area (Å²) >= 11 is 0. The molecule has 2 rings (SSSR count). The van der Waals surface area contributed by atoms with Crippen LogP contribution in [0.2, 0.25) is 0 Å². The second kappa shape index (κ2) is 7.04. The molecular formula is C16H18N2O6S2. The van der Waals surface area contributed by atoms with Crippen LogP contribution in [0.5, 0.6) is 0 Å². The number of nitrogens with zero attached hydrogens (tertiary/aromatic N) is 1. The summed E-state index contributed by atoms with van der Waals surface area (Å²) in [6.45, 7) is 1.75. The summed E-state index contributed by atoms with van der Waals surface area (Å²) < 4.78 is 46.2. The molecule has 2 aromatic rings. The van der Waals surface area contributed by atoms with Gasteiger partial charge in [-0.1, -0.05) is 12.1 Å². The third kappa shape index (κ3) is 4.58. The van der Waals surface area contributed by atoms with E-state index in [1.807, 2.05) is 0 Å². The van der Waals surface area contributed by atoms with E-state index >= 15 is 0 Å². The van der Waals surface area contributed by atoms with Gasteiger partial charge in [0.15, 0.2) is 19.7 Å². The second-order valence-corrected chi connectivity index (χ2v) is 9.95. The number of rotatable bonds is 6. The highest BCUT2D eigenvalue weighted by atomic mass is 32.2. The molecule has 0 aliphatic rings. The van der Waals surface area contributed by atoms with E-state index < -0.39 is 24.6 Å². The molecule has 26 heavy (non-hydrogen) atoms. The maximum absolute atomic E-state index is 11.6. The van der Waals surface area contributed by atoms with Gasteiger partial charge in [0.05, 0.1) is 14.7 Å². The Labute approximate surface area is 151 Å². The highest BCUT2D eigenvalue weighted by Gasteiger charge is 2.20. The van der Waals surface area contributed by atoms with E-state index in [0.29, 0.717) is 0 Å². The summed E-state index contributed by atoms with van der Waals surface area (Å²) in [6.07, 6.45) is 2.08. The Morgan fingerprint density at radius 1 is 0.923 bits per heavy atom. The second-order valence-electron chi connectivity index (χ2n) is 5.92. The average Bonchev–Trinajstić information content (AvgIpc) is 2.53. The maximum atomic E-state index is 11.6. The van der Waals surface area contributed by atoms with Crippen LogP contribution in [0.1, 0.15) is 18.5 Å². The molecule has 140 valence electrons. The zero-order valence-electron chi connectivity index (χ0n) is 14.3. The Morgan fingerprint density at radius 2 is 1.42 bits per heavy atom. The van der Waals surface area contributed by atoms with Gasteiger partial charge in [0.25, 0.3) is 5.69 Å². The fraction of sp³-hybridized carbons (Fsp3) is 0.250. The van der Waals surface area contributed by atoms with Crippen molar-refractivity contribution in [1.82, 2.24) is 0 Å². The smallest absolute Gasteiger partial charge is 0.293 e. The minimum absolute atomic E-state index is 0.139. The lowest BCUT2D eigenvalue weighted by molar-refractivity contribution is -0.384. The zero-order valence-corrected chi connectivity index (χ0v) is 16.0. The summed E-state index contributed by atoms with van der Waals surface area (Å²) in [7, 11) is -6.87. The number of nitro groups is 1. The number of nitrogens with one attached hydrogen (secondary N) is 1. The van der Waals surface area contributed by atoms with E-state index in [9.17, 15) is 26.9 Å². The molecule has 0 saturated heterocycles. The summed E-state index contributed by atoms with van der Waals surface area (Å²) in [5.41, 5.74) is 0.536. The van der Waals surface area contributed by atoms with Gasteiger partial charge in [0.2, 0.25) is 0 Å². The van der Waals surface area contributed by atoms with E-state index in [1.54, 1.807) is 19.1 Å². The molecule has 0 spiro atoms. The SMILES string of the molecule is CC(Nc1ccc(S(C)(=O)=O)cc1[N+](=O)[O-])c1ccc(S(C)(=O)=O)cc1. The third-order valence-electron chi connectivity index (χ3n) is 3.77. The molecular weight excluding hydrogens is 380 g/mol. The van der Waals surface area contributed by atoms with Gasteiger partial charge >= 0.3 is 0 Å². The molecule has 8 nitrogen and oxygen atoms in total. The molecule has 0 heterocycles. The zero-order chi connectivity index (χ0) is 19.7. The van der Waals surface area contributed by atoms with Crippen molar-refractivity contribution < 1.29 is 21.8 Å². The van der Waals surface area contributed by atoms with Crippen molar-refractivity contribution in [3.05, 3.63) is 58.1 Å². The molecule has 0 fully saturated rings. The van der Waals surface area contributed by atoms with Crippen LogP contribution in [-0.2, 0) is 19.7 Å². The summed E-state index contributed by atoms with van der Waals surface area (Å²) in [5.74, 6) is 0. The fourth-order valence-corrected chi connectivity index (χ4v) is 3.61. The first-order chi connectivity index (χ1) is 11.9. The number of benzene rings is 2. The monoisotopic (exact) mass is 398 g/mol. The van der Waals surface area contributed by atoms with Crippen LogP contribution >= 0.6 is 0 Å². The lowest BCUT2D eigenvalue weighted by Crippen LogP contribution is -2.09. The van der Waals surface area contributed by atoms with Crippen molar-refractivity contribution in [2.75, 3.05) is 17.8 Å². The summed E-state index contributed by atoms with van der Waals surface area (Å²) in [4.78, 5) is 10.7. The van der Waals surface area contributed by atoms with Crippen molar-refractivity contribution in [2.24, 2.45) is 0 Å². The van der Waals surface area contributed by atoms with Gasteiger partial charge in [0, 0.05) is 24.6 Å². The molecule has 1 atom stereocenters. The van der Waals surface area contributed by atoms with E-state index in [0.717, 1.165) is 24.1 Å². The van der Waals surface area contributed by atoms with E-state index in [4.69, 9.17) is 0 Å². The Balaban J connectivity index is 2.34. The van der Waals surface area contributed by atoms with Gasteiger partial charge in [-0.05, 0) is 36.8 Å². The molecule has 0 saturated carbocycles. The van der Waals surface area contributed by atoms with E-state index in [-0.39, 0.29) is 27.2 Å². The number of sulfone groups is 2. The first kappa shape index (κ1) is 19.9. The topological polar surface area (TPSA) is 123 Å². The molecule has 2 aromatic carbocycles. The van der Waals surface area contributed by atoms with Gasteiger partial charge in [-0.15, -0.1) is 0 Å². The number of nitro benzene ring substituents is 1. The Hall–Kier alpha value is -2.46. The van der Waals surface area contributed by atoms with Gasteiger partial charge < -0.3 is 5.32 Å². The molecule has 1 unspecified atom stereocenters. The number of anilines is 1. The van der Waals surface area contributed by atoms with Crippen LogP contribution in [-0.4, -0.2) is 34.3 Å². The van der Waals surface area contributed by atoms with Crippen molar-refractivity contribution in [2.45, 2.75) is 22.8 Å². The summed E-state index contributed by atoms with van der Waals surface area (Å²) in [6, 6.07) is 9.44. The van der Waals surface area contributed by atoms with Crippen molar-refractivity contribution in [3.63, 3.8) is 0 Å². The van der Waals surface area contributed by atoms with Crippen LogP contribution < -0.4 is 5.32 Å². The largest absolute Gasteiger partial charge is 0.373 e. The molecule has 0 radical (unpaired) electrons. The maximum Gasteiger partial charge on any atom is 0.293 e. The van der Waals surface area contributed by atoms with Gasteiger partial charge in [-0.2, -0.15) is 0 Å². The minimum atomic E-state index is -3.56. The van der Waals surface area contributed by atoms with Gasteiger partial charge in [-0.25, -0.2) is 16.8 Å². The van der Waals surface area contributed by atoms with Crippen LogP contribution in [0, 0.1) is 10.1 Å². The molecule has 1 N–H and O–H groups in total. The summed E-state index contributed by atoms with van der Waals surface area (Å²) in [5, 5.41) is 14.2. The number of hydrogen-bond acceptors (Lipinski definition) is 7. The normalized spacial score (nSPS) is 13.2. The first-order valence-corrected chi connectivity index (χ1v) is 11.2. The molecule has 0 amide bonds. The van der Waals surface area contributed by atoms with Gasteiger partial charge in [0.1, 0.15) is 5.69 Å². The predicted molar refractivity (Wildman–Crippen MR) is 97.8 cm³/mol. The van der Waals surface area contributed by atoms with Crippen molar-refractivity contribution in [1.29, 1.82) is 0 Å². The van der Waals surface area contributed by atoms with Crippen molar-refractivity contribution >= 4 is 31.0 Å². The van der Waals surface area contributed by atoms with E-state index in [2.05, 4.69) is 5.32 Å². The minimum Gasteiger partial charge on any atom is -0.373 e. The van der Waals surface area contributed by atoms with Crippen LogP contribution in [0.25, 0.3) is 0 Å². The Morgan fingerprint density at radius 3 is 1.88 bits per heavy atom. The molecule has 0 bridgehead atoms. The van der Waals surface area contributed by atoms with Crippen LogP contribution in [0.15, 0.2) is 52.3 Å². The van der Waals surface area contributed by atoms with Crippen molar-refractivity contribution in [3.8, 4) is 0 Å². The fourth-order valence-electron chi connectivity index (χ4n) is 2.34. The lowest BCUT2D eigenvalue weighted by Gasteiger charge is -2.16. The Kier molecular flexibility index (Phi) is 5.38. The molecule has 0 aliphatic heterocycles. The molecule has 10 heteroatoms. The standard InChI is InChI=1S/C16H18N2O6S2/c1-11(12-4-6-13(7-5-12)25(2,21)22)17-15-9-8-14(26(3,23)24)10-16(15)18(19)20/h4-11,17H,1-3H3. The molecule has 0 aromatic heterocycles. The molecule has 0 aliphatic carbocycles. The number of hydrogen-bond donors (Lipinski definition) is 1. The Bertz CT molecular complexity index is 1040. The first-order valence-electron chi connectivity index (χ1n) is 7.44. The predicted octanol–water partition coefficient (Wildman–Crippen LogP) is 2.57. The third-order valence-corrected chi connectivity index (χ3v) is 6.01. The quantitative estimate of drug-likeness (QED) is 0.586. The van der Waals surface area contributed by atoms with Gasteiger partial charge in [-0.3, -0.25) is 10.1 Å². The van der Waals surface area contributed by atoms with E-state index in [1.165, 1.54) is 24.3 Å².